The second-order valence-corrected chi connectivity index (χ2v) is 8.33. The molecule has 2 aromatic carbocycles. The van der Waals surface area contributed by atoms with Crippen molar-refractivity contribution in [2.24, 2.45) is 0 Å². The first-order valence-electron chi connectivity index (χ1n) is 9.76. The summed E-state index contributed by atoms with van der Waals surface area (Å²) in [5, 5.41) is 4.34. The Kier molecular flexibility index (Phi) is 6.18. The molecule has 3 rings (SSSR count). The van der Waals surface area contributed by atoms with Crippen molar-refractivity contribution >= 4 is 23.0 Å². The van der Waals surface area contributed by atoms with E-state index in [0.29, 0.717) is 0 Å². The van der Waals surface area contributed by atoms with Gasteiger partial charge in [0.15, 0.2) is 5.11 Å². The van der Waals surface area contributed by atoms with Crippen LogP contribution in [0.5, 0.6) is 0 Å². The fourth-order valence-corrected chi connectivity index (χ4v) is 4.19. The third kappa shape index (κ3) is 4.88. The summed E-state index contributed by atoms with van der Waals surface area (Å²) in [4.78, 5) is 4.79. The maximum atomic E-state index is 5.76. The lowest BCUT2D eigenvalue weighted by Crippen LogP contribution is -2.48. The van der Waals surface area contributed by atoms with Crippen LogP contribution in [0.3, 0.4) is 0 Å². The Bertz CT molecular complexity index is 821. The summed E-state index contributed by atoms with van der Waals surface area (Å²) in [5.41, 5.74) is 9.05. The van der Waals surface area contributed by atoms with Crippen LogP contribution in [0.4, 0.5) is 5.69 Å². The number of hydrogen-bond donors (Lipinski definition) is 1. The molecule has 0 unspecified atom stereocenters. The molecule has 0 atom stereocenters. The molecule has 0 radical (unpaired) electrons. The van der Waals surface area contributed by atoms with Gasteiger partial charge in [-0.15, -0.1) is 0 Å². The molecule has 1 aliphatic rings. The molecule has 1 N–H and O–H groups in total. The number of thiocarbonyl (C=S) groups is 1. The molecule has 1 saturated heterocycles. The second-order valence-electron chi connectivity index (χ2n) is 7.94. The van der Waals surface area contributed by atoms with Crippen molar-refractivity contribution < 1.29 is 0 Å². The standard InChI is InChI=1S/C23H31N3S/c1-16-7-8-18(3)21(13-16)14-25-9-6-10-26(15-25)23(27)24-22-19(4)11-17(2)12-20(22)5/h7-8,11-13H,6,9-10,14-15H2,1-5H3,(H,24,27). The molecule has 4 heteroatoms. The Labute approximate surface area is 169 Å². The molecule has 144 valence electrons. The van der Waals surface area contributed by atoms with Crippen molar-refractivity contribution in [1.82, 2.24) is 9.80 Å². The highest BCUT2D eigenvalue weighted by atomic mass is 32.1. The normalized spacial score (nSPS) is 15.1. The van der Waals surface area contributed by atoms with E-state index in [-0.39, 0.29) is 0 Å². The molecule has 0 aliphatic carbocycles. The molecular weight excluding hydrogens is 350 g/mol. The van der Waals surface area contributed by atoms with Crippen molar-refractivity contribution in [1.29, 1.82) is 0 Å². The van der Waals surface area contributed by atoms with E-state index >= 15 is 0 Å². The average molecular weight is 382 g/mol. The summed E-state index contributed by atoms with van der Waals surface area (Å²) in [6, 6.07) is 11.1. The summed E-state index contributed by atoms with van der Waals surface area (Å²) in [7, 11) is 0. The maximum Gasteiger partial charge on any atom is 0.174 e. The van der Waals surface area contributed by atoms with Crippen molar-refractivity contribution in [3.05, 3.63) is 63.7 Å². The lowest BCUT2D eigenvalue weighted by molar-refractivity contribution is 0.133. The predicted octanol–water partition coefficient (Wildman–Crippen LogP) is 5.09. The number of hydrogen-bond acceptors (Lipinski definition) is 2. The Morgan fingerprint density at radius 3 is 2.33 bits per heavy atom. The van der Waals surface area contributed by atoms with Gasteiger partial charge in [-0.2, -0.15) is 0 Å². The topological polar surface area (TPSA) is 18.5 Å². The zero-order chi connectivity index (χ0) is 19.6. The minimum atomic E-state index is 0.829. The molecule has 2 aromatic rings. The van der Waals surface area contributed by atoms with Crippen LogP contribution in [0.15, 0.2) is 30.3 Å². The van der Waals surface area contributed by atoms with Gasteiger partial charge in [0, 0.05) is 25.3 Å². The van der Waals surface area contributed by atoms with Crippen molar-refractivity contribution in [3.63, 3.8) is 0 Å². The Morgan fingerprint density at radius 1 is 0.926 bits per heavy atom. The van der Waals surface area contributed by atoms with E-state index in [1.54, 1.807) is 0 Å². The summed E-state index contributed by atoms with van der Waals surface area (Å²) < 4.78 is 0. The second kappa shape index (κ2) is 8.41. The van der Waals surface area contributed by atoms with Gasteiger partial charge in [-0.25, -0.2) is 0 Å². The molecule has 1 aliphatic heterocycles. The maximum absolute atomic E-state index is 5.76. The monoisotopic (exact) mass is 381 g/mol. The first-order chi connectivity index (χ1) is 12.8. The molecule has 0 amide bonds. The van der Waals surface area contributed by atoms with Gasteiger partial charge in [-0.3, -0.25) is 4.90 Å². The SMILES string of the molecule is Cc1cc(C)c(NC(=S)N2CCCN(Cc3cc(C)ccc3C)C2)c(C)c1. The molecular formula is C23H31N3S. The third-order valence-corrected chi connectivity index (χ3v) is 5.73. The molecule has 1 fully saturated rings. The minimum absolute atomic E-state index is 0.829. The van der Waals surface area contributed by atoms with Gasteiger partial charge in [-0.1, -0.05) is 41.5 Å². The highest BCUT2D eigenvalue weighted by Crippen LogP contribution is 2.23. The molecule has 0 bridgehead atoms. The minimum Gasteiger partial charge on any atom is -0.336 e. The molecule has 0 spiro atoms. The molecule has 0 saturated carbocycles. The van der Waals surface area contributed by atoms with Crippen LogP contribution in [0.1, 0.15) is 39.8 Å². The van der Waals surface area contributed by atoms with Gasteiger partial charge in [0.2, 0.25) is 0 Å². The lowest BCUT2D eigenvalue weighted by atomic mass is 10.0. The van der Waals surface area contributed by atoms with Gasteiger partial charge in [-0.05, 0) is 75.5 Å². The van der Waals surface area contributed by atoms with Crippen molar-refractivity contribution in [2.45, 2.75) is 47.6 Å². The fourth-order valence-electron chi connectivity index (χ4n) is 3.94. The van der Waals surface area contributed by atoms with Gasteiger partial charge in [0.1, 0.15) is 0 Å². The number of rotatable bonds is 3. The number of anilines is 1. The number of nitrogens with one attached hydrogen (secondary N) is 1. The van der Waals surface area contributed by atoms with Gasteiger partial charge in [0.25, 0.3) is 0 Å². The molecule has 0 aromatic heterocycles. The van der Waals surface area contributed by atoms with Crippen LogP contribution in [-0.2, 0) is 6.54 Å². The third-order valence-electron chi connectivity index (χ3n) is 5.37. The van der Waals surface area contributed by atoms with Crippen LogP contribution in [-0.4, -0.2) is 34.7 Å². The van der Waals surface area contributed by atoms with E-state index in [2.05, 4.69) is 80.1 Å². The highest BCUT2D eigenvalue weighted by Gasteiger charge is 2.21. The first-order valence-corrected chi connectivity index (χ1v) is 10.2. The predicted molar refractivity (Wildman–Crippen MR) is 119 cm³/mol. The quantitative estimate of drug-likeness (QED) is 0.746. The molecule has 3 nitrogen and oxygen atoms in total. The van der Waals surface area contributed by atoms with Crippen LogP contribution >= 0.6 is 12.2 Å². The van der Waals surface area contributed by atoms with E-state index in [4.69, 9.17) is 12.2 Å². The Balaban J connectivity index is 1.67. The van der Waals surface area contributed by atoms with E-state index in [9.17, 15) is 0 Å². The van der Waals surface area contributed by atoms with Crippen LogP contribution in [0.2, 0.25) is 0 Å². The Morgan fingerprint density at radius 2 is 1.63 bits per heavy atom. The molecule has 1 heterocycles. The number of benzene rings is 2. The number of nitrogens with zero attached hydrogens (tertiary/aromatic N) is 2. The largest absolute Gasteiger partial charge is 0.336 e. The summed E-state index contributed by atoms with van der Waals surface area (Å²) in [6.07, 6.45) is 1.14. The van der Waals surface area contributed by atoms with E-state index < -0.39 is 0 Å². The van der Waals surface area contributed by atoms with Gasteiger partial charge < -0.3 is 10.2 Å². The van der Waals surface area contributed by atoms with Gasteiger partial charge >= 0.3 is 0 Å². The van der Waals surface area contributed by atoms with Crippen LogP contribution < -0.4 is 5.32 Å². The van der Waals surface area contributed by atoms with E-state index in [0.717, 1.165) is 43.5 Å². The zero-order valence-electron chi connectivity index (χ0n) is 17.2. The van der Waals surface area contributed by atoms with E-state index in [1.807, 2.05) is 0 Å². The fraction of sp³-hybridized carbons (Fsp3) is 0.435. The van der Waals surface area contributed by atoms with Crippen LogP contribution in [0.25, 0.3) is 0 Å². The van der Waals surface area contributed by atoms with Crippen molar-refractivity contribution in [3.8, 4) is 0 Å². The summed E-state index contributed by atoms with van der Waals surface area (Å²) in [6.45, 7) is 14.8. The Hall–Kier alpha value is -1.91. The van der Waals surface area contributed by atoms with Gasteiger partial charge in [0.05, 0.1) is 6.67 Å². The smallest absolute Gasteiger partial charge is 0.174 e. The summed E-state index contributed by atoms with van der Waals surface area (Å²) in [5.74, 6) is 0. The number of aryl methyl sites for hydroxylation is 5. The summed E-state index contributed by atoms with van der Waals surface area (Å²) >= 11 is 5.76. The van der Waals surface area contributed by atoms with Crippen molar-refractivity contribution in [2.75, 3.05) is 25.1 Å². The molecule has 27 heavy (non-hydrogen) atoms. The highest BCUT2D eigenvalue weighted by molar-refractivity contribution is 7.80. The average Bonchev–Trinajstić information content (AvgIpc) is 2.61. The first kappa shape index (κ1) is 19.8. The van der Waals surface area contributed by atoms with Crippen LogP contribution in [0, 0.1) is 34.6 Å². The van der Waals surface area contributed by atoms with E-state index in [1.165, 1.54) is 33.4 Å². The zero-order valence-corrected chi connectivity index (χ0v) is 18.0. The lowest BCUT2D eigenvalue weighted by Gasteiger charge is -2.37.